The Bertz CT molecular complexity index is 377. The molecule has 3 nitrogen and oxygen atoms in total. The van der Waals surface area contributed by atoms with Crippen LogP contribution in [-0.2, 0) is 4.79 Å². The minimum absolute atomic E-state index is 0.171. The van der Waals surface area contributed by atoms with Crippen molar-refractivity contribution in [3.05, 3.63) is 28.8 Å². The van der Waals surface area contributed by atoms with Gasteiger partial charge in [0, 0.05) is 6.42 Å². The first kappa shape index (κ1) is 12.8. The Morgan fingerprint density at radius 3 is 2.75 bits per heavy atom. The minimum atomic E-state index is -0.772. The van der Waals surface area contributed by atoms with Gasteiger partial charge in [-0.3, -0.25) is 4.79 Å². The lowest BCUT2D eigenvalue weighted by Crippen LogP contribution is -2.00. The minimum Gasteiger partial charge on any atom is -0.495 e. The van der Waals surface area contributed by atoms with Crippen LogP contribution in [0.2, 0.25) is 5.02 Å². The molecule has 1 N–H and O–H groups in total. The summed E-state index contributed by atoms with van der Waals surface area (Å²) in [6, 6.07) is 5.54. The van der Waals surface area contributed by atoms with Gasteiger partial charge in [0.15, 0.2) is 0 Å². The van der Waals surface area contributed by atoms with Gasteiger partial charge in [-0.2, -0.15) is 0 Å². The van der Waals surface area contributed by atoms with E-state index in [0.29, 0.717) is 17.2 Å². The zero-order chi connectivity index (χ0) is 12.1. The molecule has 1 aromatic rings. The van der Waals surface area contributed by atoms with E-state index in [2.05, 4.69) is 0 Å². The van der Waals surface area contributed by atoms with Crippen molar-refractivity contribution in [2.75, 3.05) is 7.11 Å². The average molecular weight is 243 g/mol. The second-order valence-corrected chi connectivity index (χ2v) is 4.13. The standard InChI is InChI=1S/C12H15ClO3/c1-8(3-6-12(14)15)9-4-5-11(16-2)10(13)7-9/h4-5,7-8H,3,6H2,1-2H3,(H,14,15). The molecule has 0 heterocycles. The second-order valence-electron chi connectivity index (χ2n) is 3.73. The molecule has 16 heavy (non-hydrogen) atoms. The van der Waals surface area contributed by atoms with Crippen LogP contribution in [0.15, 0.2) is 18.2 Å². The maximum Gasteiger partial charge on any atom is 0.303 e. The third kappa shape index (κ3) is 3.42. The number of carboxylic acids is 1. The van der Waals surface area contributed by atoms with Crippen LogP contribution in [0.1, 0.15) is 31.2 Å². The molecule has 88 valence electrons. The zero-order valence-electron chi connectivity index (χ0n) is 9.37. The summed E-state index contributed by atoms with van der Waals surface area (Å²) in [6.45, 7) is 1.99. The summed E-state index contributed by atoms with van der Waals surface area (Å²) in [6.07, 6.45) is 0.781. The molecule has 0 bridgehead atoms. The van der Waals surface area contributed by atoms with Gasteiger partial charge < -0.3 is 9.84 Å². The summed E-state index contributed by atoms with van der Waals surface area (Å²) in [7, 11) is 1.56. The number of carboxylic acid groups (broad SMARTS) is 1. The molecule has 0 radical (unpaired) electrons. The number of methoxy groups -OCH3 is 1. The van der Waals surface area contributed by atoms with Crippen molar-refractivity contribution in [2.45, 2.75) is 25.7 Å². The molecule has 1 atom stereocenters. The SMILES string of the molecule is COc1ccc(C(C)CCC(=O)O)cc1Cl. The molecular formula is C12H15ClO3. The lowest BCUT2D eigenvalue weighted by Gasteiger charge is -2.12. The predicted molar refractivity (Wildman–Crippen MR) is 63.3 cm³/mol. The first-order valence-corrected chi connectivity index (χ1v) is 5.47. The van der Waals surface area contributed by atoms with E-state index < -0.39 is 5.97 Å². The molecule has 0 aliphatic carbocycles. The summed E-state index contributed by atoms with van der Waals surface area (Å²) in [5.41, 5.74) is 1.03. The predicted octanol–water partition coefficient (Wildman–Crippen LogP) is 3.32. The summed E-state index contributed by atoms with van der Waals surface area (Å²) in [4.78, 5) is 10.5. The van der Waals surface area contributed by atoms with Crippen LogP contribution in [0.3, 0.4) is 0 Å². The van der Waals surface area contributed by atoms with Crippen molar-refractivity contribution in [1.82, 2.24) is 0 Å². The molecule has 0 saturated carbocycles. The Labute approximate surface area is 100.0 Å². The molecule has 1 rings (SSSR count). The van der Waals surface area contributed by atoms with Gasteiger partial charge in [-0.05, 0) is 30.0 Å². The molecule has 0 fully saturated rings. The van der Waals surface area contributed by atoms with E-state index in [0.717, 1.165) is 5.56 Å². The Morgan fingerprint density at radius 1 is 1.56 bits per heavy atom. The van der Waals surface area contributed by atoms with Gasteiger partial charge >= 0.3 is 5.97 Å². The number of rotatable bonds is 5. The summed E-state index contributed by atoms with van der Waals surface area (Å²) >= 11 is 5.99. The van der Waals surface area contributed by atoms with Gasteiger partial charge in [0.05, 0.1) is 12.1 Å². The van der Waals surface area contributed by atoms with Crippen LogP contribution in [0.4, 0.5) is 0 Å². The fourth-order valence-electron chi connectivity index (χ4n) is 1.50. The van der Waals surface area contributed by atoms with Crippen molar-refractivity contribution in [3.8, 4) is 5.75 Å². The Hall–Kier alpha value is -1.22. The second kappa shape index (κ2) is 5.75. The van der Waals surface area contributed by atoms with E-state index in [1.54, 1.807) is 13.2 Å². The highest BCUT2D eigenvalue weighted by atomic mass is 35.5. The number of hydrogen-bond acceptors (Lipinski definition) is 2. The molecule has 0 aromatic heterocycles. The number of benzene rings is 1. The number of aliphatic carboxylic acids is 1. The fourth-order valence-corrected chi connectivity index (χ4v) is 1.76. The summed E-state index contributed by atoms with van der Waals surface area (Å²) < 4.78 is 5.05. The van der Waals surface area contributed by atoms with Crippen molar-refractivity contribution < 1.29 is 14.6 Å². The molecule has 1 unspecified atom stereocenters. The molecule has 0 aliphatic heterocycles. The average Bonchev–Trinajstić information content (AvgIpc) is 2.25. The van der Waals surface area contributed by atoms with Crippen molar-refractivity contribution in [1.29, 1.82) is 0 Å². The van der Waals surface area contributed by atoms with E-state index >= 15 is 0 Å². The van der Waals surface area contributed by atoms with Gasteiger partial charge in [-0.15, -0.1) is 0 Å². The van der Waals surface area contributed by atoms with Gasteiger partial charge in [0.2, 0.25) is 0 Å². The molecule has 0 saturated heterocycles. The van der Waals surface area contributed by atoms with E-state index in [9.17, 15) is 4.79 Å². The molecule has 0 spiro atoms. The fraction of sp³-hybridized carbons (Fsp3) is 0.417. The van der Waals surface area contributed by atoms with Crippen molar-refractivity contribution in [2.24, 2.45) is 0 Å². The highest BCUT2D eigenvalue weighted by Gasteiger charge is 2.10. The lowest BCUT2D eigenvalue weighted by atomic mass is 9.96. The Balaban J connectivity index is 2.72. The largest absolute Gasteiger partial charge is 0.495 e. The normalized spacial score (nSPS) is 12.2. The van der Waals surface area contributed by atoms with E-state index in [4.69, 9.17) is 21.4 Å². The highest BCUT2D eigenvalue weighted by molar-refractivity contribution is 6.32. The van der Waals surface area contributed by atoms with Gasteiger partial charge in [-0.1, -0.05) is 24.6 Å². The van der Waals surface area contributed by atoms with E-state index in [1.807, 2.05) is 19.1 Å². The summed E-state index contributed by atoms with van der Waals surface area (Å²) in [5, 5.41) is 9.16. The van der Waals surface area contributed by atoms with Crippen molar-refractivity contribution in [3.63, 3.8) is 0 Å². The molecule has 0 amide bonds. The van der Waals surface area contributed by atoms with Crippen LogP contribution >= 0.6 is 11.6 Å². The van der Waals surface area contributed by atoms with Crippen LogP contribution in [0.5, 0.6) is 5.75 Å². The quantitative estimate of drug-likeness (QED) is 0.862. The van der Waals surface area contributed by atoms with E-state index in [1.165, 1.54) is 0 Å². The topological polar surface area (TPSA) is 46.5 Å². The van der Waals surface area contributed by atoms with Crippen LogP contribution < -0.4 is 4.74 Å². The van der Waals surface area contributed by atoms with E-state index in [-0.39, 0.29) is 12.3 Å². The number of hydrogen-bond donors (Lipinski definition) is 1. The Morgan fingerprint density at radius 2 is 2.25 bits per heavy atom. The molecule has 4 heteroatoms. The van der Waals surface area contributed by atoms with Gasteiger partial charge in [0.1, 0.15) is 5.75 Å². The van der Waals surface area contributed by atoms with Gasteiger partial charge in [-0.25, -0.2) is 0 Å². The number of ether oxygens (including phenoxy) is 1. The van der Waals surface area contributed by atoms with Gasteiger partial charge in [0.25, 0.3) is 0 Å². The molecule has 1 aromatic carbocycles. The first-order chi connectivity index (χ1) is 7.54. The monoisotopic (exact) mass is 242 g/mol. The number of halogens is 1. The maximum absolute atomic E-state index is 10.5. The third-order valence-electron chi connectivity index (χ3n) is 2.54. The number of carbonyl (C=O) groups is 1. The summed E-state index contributed by atoms with van der Waals surface area (Å²) in [5.74, 6) is 0.0433. The van der Waals surface area contributed by atoms with Crippen LogP contribution in [0, 0.1) is 0 Å². The lowest BCUT2D eigenvalue weighted by molar-refractivity contribution is -0.137. The molecular weight excluding hydrogens is 228 g/mol. The molecule has 0 aliphatic rings. The maximum atomic E-state index is 10.5. The smallest absolute Gasteiger partial charge is 0.303 e. The van der Waals surface area contributed by atoms with Crippen LogP contribution in [-0.4, -0.2) is 18.2 Å². The van der Waals surface area contributed by atoms with Crippen molar-refractivity contribution >= 4 is 17.6 Å². The van der Waals surface area contributed by atoms with Crippen LogP contribution in [0.25, 0.3) is 0 Å². The first-order valence-electron chi connectivity index (χ1n) is 5.09. The zero-order valence-corrected chi connectivity index (χ0v) is 10.1. The highest BCUT2D eigenvalue weighted by Crippen LogP contribution is 2.29. The third-order valence-corrected chi connectivity index (χ3v) is 2.83. The Kier molecular flexibility index (Phi) is 4.62.